The van der Waals surface area contributed by atoms with E-state index in [1.54, 1.807) is 24.3 Å². The van der Waals surface area contributed by atoms with Crippen molar-refractivity contribution in [3.8, 4) is 0 Å². The van der Waals surface area contributed by atoms with Crippen LogP contribution < -0.4 is 15.6 Å². The van der Waals surface area contributed by atoms with Crippen molar-refractivity contribution in [2.75, 3.05) is 36.5 Å². The van der Waals surface area contributed by atoms with E-state index in [0.29, 0.717) is 43.0 Å². The first-order chi connectivity index (χ1) is 15.3. The molecule has 1 aliphatic heterocycles. The van der Waals surface area contributed by atoms with Crippen LogP contribution in [-0.2, 0) is 15.7 Å². The highest BCUT2D eigenvalue weighted by Crippen LogP contribution is 2.35. The summed E-state index contributed by atoms with van der Waals surface area (Å²) < 4.78 is 50.3. The molecule has 32 heavy (non-hydrogen) atoms. The van der Waals surface area contributed by atoms with Crippen LogP contribution in [0.3, 0.4) is 0 Å². The fourth-order valence-corrected chi connectivity index (χ4v) is 3.44. The van der Waals surface area contributed by atoms with Gasteiger partial charge in [-0.3, -0.25) is 9.59 Å². The summed E-state index contributed by atoms with van der Waals surface area (Å²) in [5.74, 6) is -0.675. The Balaban J connectivity index is 1.60. The number of carbonyl (C=O) groups is 1. The third-order valence-corrected chi connectivity index (χ3v) is 5.05. The molecule has 0 spiro atoms. The maximum absolute atomic E-state index is 13.2. The smallest absolute Gasteiger partial charge is 0.416 e. The summed E-state index contributed by atoms with van der Waals surface area (Å²) in [5, 5.41) is 2.87. The third kappa shape index (κ3) is 4.67. The van der Waals surface area contributed by atoms with E-state index in [1.807, 2.05) is 4.90 Å². The molecule has 3 aromatic rings. The van der Waals surface area contributed by atoms with E-state index in [4.69, 9.17) is 9.15 Å². The summed E-state index contributed by atoms with van der Waals surface area (Å²) in [6, 6.07) is 9.91. The monoisotopic (exact) mass is 444 g/mol. The summed E-state index contributed by atoms with van der Waals surface area (Å²) in [4.78, 5) is 26.9. The first kappa shape index (κ1) is 21.6. The Bertz CT molecular complexity index is 1230. The zero-order valence-electron chi connectivity index (χ0n) is 16.8. The summed E-state index contributed by atoms with van der Waals surface area (Å²) in [7, 11) is 0. The summed E-state index contributed by atoms with van der Waals surface area (Å²) >= 11 is 0. The average molecular weight is 444 g/mol. The fraction of sp³-hybridized carbons (Fsp3) is 0.217. The molecule has 6 nitrogen and oxygen atoms in total. The predicted octanol–water partition coefficient (Wildman–Crippen LogP) is 4.30. The van der Waals surface area contributed by atoms with Crippen LogP contribution in [0.25, 0.3) is 17.0 Å². The van der Waals surface area contributed by atoms with Gasteiger partial charge in [-0.1, -0.05) is 12.1 Å². The van der Waals surface area contributed by atoms with E-state index in [0.717, 1.165) is 18.2 Å². The first-order valence-electron chi connectivity index (χ1n) is 9.86. The quantitative estimate of drug-likeness (QED) is 0.608. The molecule has 166 valence electrons. The number of para-hydroxylation sites is 1. The number of nitrogens with one attached hydrogen (secondary N) is 1. The second kappa shape index (κ2) is 8.88. The number of ether oxygens (including phenoxy) is 1. The van der Waals surface area contributed by atoms with Gasteiger partial charge < -0.3 is 19.4 Å². The fourth-order valence-electron chi connectivity index (χ4n) is 3.44. The predicted molar refractivity (Wildman–Crippen MR) is 115 cm³/mol. The number of morpholine rings is 1. The van der Waals surface area contributed by atoms with E-state index in [1.165, 1.54) is 18.4 Å². The molecule has 0 atom stereocenters. The molecule has 0 aliphatic carbocycles. The van der Waals surface area contributed by atoms with Crippen LogP contribution in [0.4, 0.5) is 24.5 Å². The Labute approximate surface area is 180 Å². The average Bonchev–Trinajstić information content (AvgIpc) is 2.79. The number of hydrogen-bond donors (Lipinski definition) is 1. The maximum Gasteiger partial charge on any atom is 0.416 e. The van der Waals surface area contributed by atoms with Crippen molar-refractivity contribution in [1.82, 2.24) is 0 Å². The maximum atomic E-state index is 13.2. The Kier molecular flexibility index (Phi) is 6.00. The molecule has 0 radical (unpaired) electrons. The van der Waals surface area contributed by atoms with Gasteiger partial charge in [0.15, 0.2) is 5.43 Å². The Hall–Kier alpha value is -3.59. The second-order valence-electron chi connectivity index (χ2n) is 7.17. The first-order valence-corrected chi connectivity index (χ1v) is 9.86. The minimum absolute atomic E-state index is 0.0296. The molecule has 1 N–H and O–H groups in total. The number of carbonyl (C=O) groups excluding carboxylic acids is 1. The number of rotatable bonds is 4. The number of amides is 1. The standard InChI is InChI=1S/C23H19F3N2O4/c24-23(25,26)16-6-7-19(28-9-11-31-12-10-28)18(13-16)27-21(29)8-5-15-14-32-20-4-2-1-3-17(20)22(15)30/h1-8,13-14H,9-12H2,(H,27,29)/b8-5+. The molecule has 0 saturated carbocycles. The van der Waals surface area contributed by atoms with E-state index < -0.39 is 17.6 Å². The Morgan fingerprint density at radius 2 is 1.84 bits per heavy atom. The van der Waals surface area contributed by atoms with Crippen LogP contribution in [0.1, 0.15) is 11.1 Å². The number of alkyl halides is 3. The van der Waals surface area contributed by atoms with Gasteiger partial charge in [-0.15, -0.1) is 0 Å². The largest absolute Gasteiger partial charge is 0.463 e. The second-order valence-corrected chi connectivity index (χ2v) is 7.17. The minimum atomic E-state index is -4.55. The van der Waals surface area contributed by atoms with Crippen LogP contribution >= 0.6 is 0 Å². The molecule has 4 rings (SSSR count). The van der Waals surface area contributed by atoms with Gasteiger partial charge in [-0.05, 0) is 36.4 Å². The lowest BCUT2D eigenvalue weighted by molar-refractivity contribution is -0.137. The van der Waals surface area contributed by atoms with Crippen molar-refractivity contribution in [2.24, 2.45) is 0 Å². The number of benzene rings is 2. The molecule has 2 aromatic carbocycles. The molecular weight excluding hydrogens is 425 g/mol. The van der Waals surface area contributed by atoms with Gasteiger partial charge >= 0.3 is 6.18 Å². The normalized spacial score (nSPS) is 14.8. The van der Waals surface area contributed by atoms with Crippen molar-refractivity contribution in [2.45, 2.75) is 6.18 Å². The SMILES string of the molecule is O=C(/C=C/c1coc2ccccc2c1=O)Nc1cc(C(F)(F)F)ccc1N1CCOCC1. The number of nitrogens with zero attached hydrogens (tertiary/aromatic N) is 1. The van der Waals surface area contributed by atoms with Crippen molar-refractivity contribution in [1.29, 1.82) is 0 Å². The summed E-state index contributed by atoms with van der Waals surface area (Å²) in [5.41, 5.74) is -0.127. The van der Waals surface area contributed by atoms with Crippen molar-refractivity contribution in [3.05, 3.63) is 76.2 Å². The highest BCUT2D eigenvalue weighted by Gasteiger charge is 2.31. The molecule has 1 aromatic heterocycles. The molecule has 1 fully saturated rings. The van der Waals surface area contributed by atoms with E-state index in [9.17, 15) is 22.8 Å². The lowest BCUT2D eigenvalue weighted by Gasteiger charge is -2.30. The van der Waals surface area contributed by atoms with E-state index >= 15 is 0 Å². The topological polar surface area (TPSA) is 71.8 Å². The number of fused-ring (bicyclic) bond motifs is 1. The Morgan fingerprint density at radius 1 is 1.09 bits per heavy atom. The molecule has 0 unspecified atom stereocenters. The third-order valence-electron chi connectivity index (χ3n) is 5.05. The van der Waals surface area contributed by atoms with Gasteiger partial charge in [0.25, 0.3) is 0 Å². The lowest BCUT2D eigenvalue weighted by atomic mass is 10.1. The zero-order valence-corrected chi connectivity index (χ0v) is 16.8. The van der Waals surface area contributed by atoms with Crippen LogP contribution in [0.15, 0.2) is 64.0 Å². The highest BCUT2D eigenvalue weighted by atomic mass is 19.4. The molecule has 1 aliphatic rings. The van der Waals surface area contributed by atoms with Crippen LogP contribution in [0, 0.1) is 0 Å². The van der Waals surface area contributed by atoms with Crippen molar-refractivity contribution in [3.63, 3.8) is 0 Å². The van der Waals surface area contributed by atoms with Gasteiger partial charge in [0.1, 0.15) is 11.8 Å². The van der Waals surface area contributed by atoms with E-state index in [2.05, 4.69) is 5.32 Å². The van der Waals surface area contributed by atoms with Gasteiger partial charge in [0.05, 0.1) is 41.1 Å². The molecule has 1 saturated heterocycles. The Morgan fingerprint density at radius 3 is 2.59 bits per heavy atom. The molecular formula is C23H19F3N2O4. The van der Waals surface area contributed by atoms with Crippen LogP contribution in [-0.4, -0.2) is 32.2 Å². The number of halogens is 3. The van der Waals surface area contributed by atoms with Gasteiger partial charge in [-0.25, -0.2) is 0 Å². The molecule has 1 amide bonds. The summed E-state index contributed by atoms with van der Waals surface area (Å²) in [6.07, 6.45) is -0.958. The number of hydrogen-bond acceptors (Lipinski definition) is 5. The number of anilines is 2. The van der Waals surface area contributed by atoms with Gasteiger partial charge in [0, 0.05) is 19.2 Å². The van der Waals surface area contributed by atoms with Crippen molar-refractivity contribution < 1.29 is 27.1 Å². The zero-order chi connectivity index (χ0) is 22.7. The van der Waals surface area contributed by atoms with Crippen molar-refractivity contribution >= 4 is 34.3 Å². The van der Waals surface area contributed by atoms with Crippen LogP contribution in [0.5, 0.6) is 0 Å². The lowest BCUT2D eigenvalue weighted by Crippen LogP contribution is -2.36. The molecule has 0 bridgehead atoms. The summed E-state index contributed by atoms with van der Waals surface area (Å²) in [6.45, 7) is 1.85. The van der Waals surface area contributed by atoms with Gasteiger partial charge in [-0.2, -0.15) is 13.2 Å². The van der Waals surface area contributed by atoms with Crippen LogP contribution in [0.2, 0.25) is 0 Å². The molecule has 2 heterocycles. The molecule has 9 heteroatoms. The highest BCUT2D eigenvalue weighted by molar-refractivity contribution is 6.04. The van der Waals surface area contributed by atoms with E-state index in [-0.39, 0.29) is 16.7 Å². The van der Waals surface area contributed by atoms with Gasteiger partial charge in [0.2, 0.25) is 5.91 Å². The minimum Gasteiger partial charge on any atom is -0.463 e.